The van der Waals surface area contributed by atoms with E-state index in [9.17, 15) is 4.79 Å². The quantitative estimate of drug-likeness (QED) is 0.356. The third kappa shape index (κ3) is 6.73. The van der Waals surface area contributed by atoms with Crippen LogP contribution in [0.4, 0.5) is 0 Å². The Morgan fingerprint density at radius 1 is 1.31 bits per heavy atom. The van der Waals surface area contributed by atoms with E-state index in [1.54, 1.807) is 25.2 Å². The number of rotatable bonds is 6. The summed E-state index contributed by atoms with van der Waals surface area (Å²) in [7, 11) is 3.50. The largest absolute Gasteiger partial charge is 0.354 e. The average molecular weight is 510 g/mol. The summed E-state index contributed by atoms with van der Waals surface area (Å²) in [5.74, 6) is 0.681. The number of guanidine groups is 1. The highest BCUT2D eigenvalue weighted by Gasteiger charge is 2.18. The third-order valence-electron chi connectivity index (χ3n) is 5.06. The monoisotopic (exact) mass is 510 g/mol. The highest BCUT2D eigenvalue weighted by molar-refractivity contribution is 14.0. The number of aliphatic imine (C=N–C) groups is 1. The van der Waals surface area contributed by atoms with E-state index < -0.39 is 0 Å². The molecular formula is C21H31IN6O. The molecule has 0 bridgehead atoms. The highest BCUT2D eigenvalue weighted by atomic mass is 127. The Bertz CT molecular complexity index is 799. The number of benzene rings is 1. The molecule has 0 radical (unpaired) electrons. The van der Waals surface area contributed by atoms with Gasteiger partial charge in [-0.05, 0) is 43.5 Å². The van der Waals surface area contributed by atoms with Crippen LogP contribution in [0.3, 0.4) is 0 Å². The molecule has 1 aliphatic rings. The van der Waals surface area contributed by atoms with Gasteiger partial charge in [-0.3, -0.25) is 4.79 Å². The first-order valence-electron chi connectivity index (χ1n) is 9.90. The number of likely N-dealkylation sites (N-methyl/N-ethyl adjacent to an activating group) is 1. The molecule has 7 nitrogen and oxygen atoms in total. The highest BCUT2D eigenvalue weighted by Crippen LogP contribution is 2.19. The Hall–Kier alpha value is -2.10. The van der Waals surface area contributed by atoms with Gasteiger partial charge in [0.05, 0.1) is 11.7 Å². The van der Waals surface area contributed by atoms with E-state index in [1.165, 1.54) is 12.8 Å². The number of carbonyl (C=O) groups is 1. The minimum Gasteiger partial charge on any atom is -0.354 e. The molecule has 2 N–H and O–H groups in total. The molecule has 1 heterocycles. The predicted octanol–water partition coefficient (Wildman–Crippen LogP) is 3.12. The van der Waals surface area contributed by atoms with E-state index in [1.807, 2.05) is 29.1 Å². The number of halogens is 1. The van der Waals surface area contributed by atoms with Crippen LogP contribution in [0.25, 0.3) is 5.69 Å². The number of nitrogens with one attached hydrogen (secondary N) is 2. The van der Waals surface area contributed by atoms with Gasteiger partial charge in [-0.2, -0.15) is 5.10 Å². The minimum absolute atomic E-state index is 0. The number of aromatic nitrogens is 2. The van der Waals surface area contributed by atoms with E-state index in [0.29, 0.717) is 12.0 Å². The topological polar surface area (TPSA) is 74.6 Å². The molecule has 0 spiro atoms. The Labute approximate surface area is 190 Å². The fourth-order valence-electron chi connectivity index (χ4n) is 3.33. The lowest BCUT2D eigenvalue weighted by atomic mass is 10.1. The van der Waals surface area contributed by atoms with Crippen LogP contribution in [0, 0.1) is 0 Å². The van der Waals surface area contributed by atoms with Gasteiger partial charge in [0, 0.05) is 32.5 Å². The molecular weight excluding hydrogens is 479 g/mol. The molecule has 8 heteroatoms. The standard InChI is InChI=1S/C21H30N6O.HI/c1-16(17-8-6-11-19(14-17)27-13-7-12-23-27)24-21(22-15-20(28)26(2)3)25-18-9-4-5-10-18;/h6-8,11-14,16,18H,4-5,9-10,15H2,1-3H3,(H2,22,24,25);1H. The summed E-state index contributed by atoms with van der Waals surface area (Å²) >= 11 is 0. The Kier molecular flexibility index (Phi) is 8.94. The molecule has 1 amide bonds. The molecule has 0 aliphatic heterocycles. The number of carbonyl (C=O) groups excluding carboxylic acids is 1. The zero-order chi connectivity index (χ0) is 19.9. The van der Waals surface area contributed by atoms with Gasteiger partial charge in [-0.15, -0.1) is 24.0 Å². The van der Waals surface area contributed by atoms with Crippen LogP contribution in [0.1, 0.15) is 44.2 Å². The summed E-state index contributed by atoms with van der Waals surface area (Å²) < 4.78 is 1.84. The summed E-state index contributed by atoms with van der Waals surface area (Å²) in [5, 5.41) is 11.3. The number of hydrogen-bond donors (Lipinski definition) is 2. The Morgan fingerprint density at radius 3 is 2.72 bits per heavy atom. The number of amides is 1. The van der Waals surface area contributed by atoms with Gasteiger partial charge in [0.15, 0.2) is 5.96 Å². The maximum absolute atomic E-state index is 12.0. The van der Waals surface area contributed by atoms with Gasteiger partial charge in [-0.25, -0.2) is 9.67 Å². The number of nitrogens with zero attached hydrogens (tertiary/aromatic N) is 4. The normalized spacial score (nSPS) is 15.5. The average Bonchev–Trinajstić information content (AvgIpc) is 3.40. The van der Waals surface area contributed by atoms with Crippen molar-refractivity contribution in [2.45, 2.75) is 44.7 Å². The molecule has 1 aromatic heterocycles. The van der Waals surface area contributed by atoms with Crippen molar-refractivity contribution < 1.29 is 4.79 Å². The van der Waals surface area contributed by atoms with Gasteiger partial charge in [0.1, 0.15) is 6.54 Å². The van der Waals surface area contributed by atoms with Crippen molar-refractivity contribution in [3.05, 3.63) is 48.3 Å². The molecule has 1 saturated carbocycles. The van der Waals surface area contributed by atoms with Crippen LogP contribution in [-0.2, 0) is 4.79 Å². The second-order valence-electron chi connectivity index (χ2n) is 7.49. The summed E-state index contributed by atoms with van der Waals surface area (Å²) in [5.41, 5.74) is 2.15. The third-order valence-corrected chi connectivity index (χ3v) is 5.06. The SMILES string of the molecule is CC(NC(=NCC(=O)N(C)C)NC1CCCC1)c1cccc(-n2cccn2)c1.I. The fourth-order valence-corrected chi connectivity index (χ4v) is 3.33. The first-order chi connectivity index (χ1) is 13.5. The minimum atomic E-state index is -0.0131. The second kappa shape index (κ2) is 11.2. The maximum atomic E-state index is 12.0. The molecule has 0 saturated heterocycles. The van der Waals surface area contributed by atoms with Gasteiger partial charge < -0.3 is 15.5 Å². The van der Waals surface area contributed by atoms with E-state index in [2.05, 4.69) is 39.8 Å². The van der Waals surface area contributed by atoms with Crippen LogP contribution in [0.15, 0.2) is 47.7 Å². The molecule has 1 atom stereocenters. The van der Waals surface area contributed by atoms with Crippen molar-refractivity contribution in [2.75, 3.05) is 20.6 Å². The van der Waals surface area contributed by atoms with E-state index in [-0.39, 0.29) is 42.5 Å². The van der Waals surface area contributed by atoms with Crippen LogP contribution < -0.4 is 10.6 Å². The van der Waals surface area contributed by atoms with Crippen molar-refractivity contribution >= 4 is 35.8 Å². The van der Waals surface area contributed by atoms with E-state index in [0.717, 1.165) is 24.1 Å². The van der Waals surface area contributed by atoms with Crippen molar-refractivity contribution in [3.8, 4) is 5.69 Å². The number of hydrogen-bond acceptors (Lipinski definition) is 3. The molecule has 29 heavy (non-hydrogen) atoms. The predicted molar refractivity (Wildman–Crippen MR) is 127 cm³/mol. The van der Waals surface area contributed by atoms with E-state index >= 15 is 0 Å². The van der Waals surface area contributed by atoms with Gasteiger partial charge in [0.25, 0.3) is 0 Å². The molecule has 1 aliphatic carbocycles. The lowest BCUT2D eigenvalue weighted by molar-refractivity contribution is -0.127. The molecule has 2 aromatic rings. The molecule has 3 rings (SSSR count). The van der Waals surface area contributed by atoms with Crippen molar-refractivity contribution in [3.63, 3.8) is 0 Å². The van der Waals surface area contributed by atoms with Crippen LogP contribution in [0.5, 0.6) is 0 Å². The van der Waals surface area contributed by atoms with Crippen molar-refractivity contribution in [2.24, 2.45) is 4.99 Å². The zero-order valence-corrected chi connectivity index (χ0v) is 19.7. The molecule has 1 fully saturated rings. The molecule has 1 aromatic carbocycles. The lowest BCUT2D eigenvalue weighted by Gasteiger charge is -2.22. The van der Waals surface area contributed by atoms with Crippen molar-refractivity contribution in [1.82, 2.24) is 25.3 Å². The second-order valence-corrected chi connectivity index (χ2v) is 7.49. The summed E-state index contributed by atoms with van der Waals surface area (Å²) in [4.78, 5) is 18.1. The molecule has 1 unspecified atom stereocenters. The van der Waals surface area contributed by atoms with Gasteiger partial charge >= 0.3 is 0 Å². The van der Waals surface area contributed by atoms with Gasteiger partial charge in [0.2, 0.25) is 5.91 Å². The first-order valence-corrected chi connectivity index (χ1v) is 9.90. The van der Waals surface area contributed by atoms with Crippen LogP contribution in [-0.4, -0.2) is 53.2 Å². The first kappa shape index (κ1) is 23.2. The zero-order valence-electron chi connectivity index (χ0n) is 17.3. The summed E-state index contributed by atoms with van der Waals surface area (Å²) in [6.45, 7) is 2.23. The van der Waals surface area contributed by atoms with Crippen LogP contribution in [0.2, 0.25) is 0 Å². The van der Waals surface area contributed by atoms with Gasteiger partial charge in [-0.1, -0.05) is 25.0 Å². The maximum Gasteiger partial charge on any atom is 0.243 e. The van der Waals surface area contributed by atoms with E-state index in [4.69, 9.17) is 0 Å². The summed E-state index contributed by atoms with van der Waals surface area (Å²) in [6.07, 6.45) is 8.47. The van der Waals surface area contributed by atoms with Crippen LogP contribution >= 0.6 is 24.0 Å². The Morgan fingerprint density at radius 2 is 2.07 bits per heavy atom. The summed E-state index contributed by atoms with van der Waals surface area (Å²) in [6, 6.07) is 10.6. The smallest absolute Gasteiger partial charge is 0.243 e. The molecule has 158 valence electrons. The Balaban J connectivity index is 0.00000300. The van der Waals surface area contributed by atoms with Crippen molar-refractivity contribution in [1.29, 1.82) is 0 Å². The lowest BCUT2D eigenvalue weighted by Crippen LogP contribution is -2.44. The fraction of sp³-hybridized carbons (Fsp3) is 0.476.